The molecule has 0 atom stereocenters. The van der Waals surface area contributed by atoms with Crippen LogP contribution < -0.4 is 0 Å². The second-order valence-corrected chi connectivity index (χ2v) is 6.15. The van der Waals surface area contributed by atoms with Crippen molar-refractivity contribution in [2.24, 2.45) is 0 Å². The van der Waals surface area contributed by atoms with Gasteiger partial charge in [0.25, 0.3) is 0 Å². The van der Waals surface area contributed by atoms with Gasteiger partial charge in [0.15, 0.2) is 12.4 Å². The number of esters is 1. The quantitative estimate of drug-likeness (QED) is 0.462. The Bertz CT molecular complexity index is 1150. The first kappa shape index (κ1) is 18.7. The van der Waals surface area contributed by atoms with Gasteiger partial charge >= 0.3 is 12.1 Å². The third kappa shape index (κ3) is 3.98. The average molecular weight is 401 g/mol. The molecule has 0 saturated carbocycles. The molecule has 2 aromatic carbocycles. The lowest BCUT2D eigenvalue weighted by atomic mass is 10.2. The molecule has 29 heavy (non-hydrogen) atoms. The fourth-order valence-electron chi connectivity index (χ4n) is 2.88. The van der Waals surface area contributed by atoms with Crippen LogP contribution in [0.3, 0.4) is 0 Å². The number of oxazole rings is 1. The Hall–Kier alpha value is -3.62. The molecule has 0 aliphatic heterocycles. The Morgan fingerprint density at radius 3 is 2.55 bits per heavy atom. The minimum absolute atomic E-state index is 0.142. The summed E-state index contributed by atoms with van der Waals surface area (Å²) >= 11 is 0. The van der Waals surface area contributed by atoms with Gasteiger partial charge in [-0.1, -0.05) is 42.5 Å². The summed E-state index contributed by atoms with van der Waals surface area (Å²) in [6.07, 6.45) is -3.21. The molecule has 9 heteroatoms. The summed E-state index contributed by atoms with van der Waals surface area (Å²) < 4.78 is 51.2. The summed E-state index contributed by atoms with van der Waals surface area (Å²) in [5.74, 6) is -1.38. The average Bonchev–Trinajstić information content (AvgIpc) is 3.32. The van der Waals surface area contributed by atoms with Crippen molar-refractivity contribution in [3.63, 3.8) is 0 Å². The molecule has 0 aliphatic rings. The number of fused-ring (bicyclic) bond motifs is 1. The van der Waals surface area contributed by atoms with Crippen molar-refractivity contribution in [2.75, 3.05) is 0 Å². The Labute approximate surface area is 162 Å². The van der Waals surface area contributed by atoms with Gasteiger partial charge in [0.05, 0.1) is 17.2 Å². The maximum atomic E-state index is 13.3. The summed E-state index contributed by atoms with van der Waals surface area (Å²) in [4.78, 5) is 19.8. The molecule has 4 rings (SSSR count). The summed E-state index contributed by atoms with van der Waals surface area (Å²) in [6.45, 7) is -0.929. The van der Waals surface area contributed by atoms with E-state index in [-0.39, 0.29) is 23.5 Å². The molecular weight excluding hydrogens is 387 g/mol. The van der Waals surface area contributed by atoms with Crippen LogP contribution in [0.1, 0.15) is 11.7 Å². The number of benzene rings is 2. The van der Waals surface area contributed by atoms with Crippen molar-refractivity contribution in [1.29, 1.82) is 0 Å². The van der Waals surface area contributed by atoms with E-state index in [1.165, 1.54) is 18.3 Å². The molecule has 6 nitrogen and oxygen atoms in total. The van der Waals surface area contributed by atoms with E-state index in [0.717, 1.165) is 10.1 Å². The standard InChI is InChI=1S/C20H14F3N3O3/c21-20(22,23)19-25-14-8-4-5-9-15(14)26(19)11-18(27)28-12-17-24-10-16(29-17)13-6-2-1-3-7-13/h1-10H,11-12H2. The molecular formula is C20H14F3N3O3. The molecule has 0 N–H and O–H groups in total. The number of hydrogen-bond acceptors (Lipinski definition) is 5. The number of para-hydroxylation sites is 2. The number of imidazole rings is 1. The molecule has 0 spiro atoms. The van der Waals surface area contributed by atoms with E-state index in [2.05, 4.69) is 9.97 Å². The number of nitrogens with zero attached hydrogens (tertiary/aromatic N) is 3. The van der Waals surface area contributed by atoms with Crippen LogP contribution >= 0.6 is 0 Å². The zero-order chi connectivity index (χ0) is 20.4. The first-order valence-corrected chi connectivity index (χ1v) is 8.60. The van der Waals surface area contributed by atoms with E-state index in [0.29, 0.717) is 5.76 Å². The Balaban J connectivity index is 1.48. The maximum absolute atomic E-state index is 13.3. The second kappa shape index (κ2) is 7.42. The molecule has 2 heterocycles. The van der Waals surface area contributed by atoms with Gasteiger partial charge < -0.3 is 13.7 Å². The van der Waals surface area contributed by atoms with E-state index >= 15 is 0 Å². The van der Waals surface area contributed by atoms with Crippen LogP contribution in [0.2, 0.25) is 0 Å². The van der Waals surface area contributed by atoms with Gasteiger partial charge in [-0.25, -0.2) is 9.97 Å². The predicted molar refractivity (Wildman–Crippen MR) is 96.5 cm³/mol. The number of alkyl halides is 3. The lowest BCUT2D eigenvalue weighted by Gasteiger charge is -2.10. The monoisotopic (exact) mass is 401 g/mol. The zero-order valence-corrected chi connectivity index (χ0v) is 14.9. The van der Waals surface area contributed by atoms with E-state index in [4.69, 9.17) is 9.15 Å². The summed E-state index contributed by atoms with van der Waals surface area (Å²) in [7, 11) is 0. The molecule has 0 aliphatic carbocycles. The normalized spacial score (nSPS) is 11.7. The molecule has 0 amide bonds. The Kier molecular flexibility index (Phi) is 4.79. The largest absolute Gasteiger partial charge is 0.454 e. The smallest absolute Gasteiger partial charge is 0.449 e. The third-order valence-corrected chi connectivity index (χ3v) is 4.16. The van der Waals surface area contributed by atoms with Gasteiger partial charge in [0, 0.05) is 5.56 Å². The Morgan fingerprint density at radius 2 is 1.79 bits per heavy atom. The van der Waals surface area contributed by atoms with Crippen molar-refractivity contribution in [3.05, 3.63) is 72.5 Å². The lowest BCUT2D eigenvalue weighted by molar-refractivity contribution is -0.151. The highest BCUT2D eigenvalue weighted by Crippen LogP contribution is 2.31. The minimum Gasteiger partial charge on any atom is -0.454 e. The molecule has 0 radical (unpaired) electrons. The van der Waals surface area contributed by atoms with Gasteiger partial charge in [-0.05, 0) is 12.1 Å². The number of carbonyl (C=O) groups excluding carboxylic acids is 1. The van der Waals surface area contributed by atoms with Gasteiger partial charge in [0.2, 0.25) is 11.7 Å². The highest BCUT2D eigenvalue weighted by atomic mass is 19.4. The number of aromatic nitrogens is 3. The number of rotatable bonds is 5. The molecule has 0 bridgehead atoms. The van der Waals surface area contributed by atoms with Crippen molar-refractivity contribution in [1.82, 2.24) is 14.5 Å². The molecule has 0 saturated heterocycles. The van der Waals surface area contributed by atoms with Gasteiger partial charge in [-0.15, -0.1) is 0 Å². The number of carbonyl (C=O) groups is 1. The zero-order valence-electron chi connectivity index (χ0n) is 14.9. The summed E-state index contributed by atoms with van der Waals surface area (Å²) in [5.41, 5.74) is 1.14. The Morgan fingerprint density at radius 1 is 1.07 bits per heavy atom. The van der Waals surface area contributed by atoms with Crippen molar-refractivity contribution in [2.45, 2.75) is 19.3 Å². The summed E-state index contributed by atoms with van der Waals surface area (Å²) in [6, 6.07) is 15.3. The van der Waals surface area contributed by atoms with Gasteiger partial charge in [0.1, 0.15) is 6.54 Å². The van der Waals surface area contributed by atoms with Crippen molar-refractivity contribution in [3.8, 4) is 11.3 Å². The van der Waals surface area contributed by atoms with E-state index in [1.54, 1.807) is 12.1 Å². The van der Waals surface area contributed by atoms with E-state index in [9.17, 15) is 18.0 Å². The van der Waals surface area contributed by atoms with Crippen LogP contribution in [0.5, 0.6) is 0 Å². The van der Waals surface area contributed by atoms with Crippen LogP contribution in [0, 0.1) is 0 Å². The number of ether oxygens (including phenoxy) is 1. The van der Waals surface area contributed by atoms with Crippen LogP contribution in [0.15, 0.2) is 65.2 Å². The topological polar surface area (TPSA) is 70.2 Å². The fraction of sp³-hybridized carbons (Fsp3) is 0.150. The highest BCUT2D eigenvalue weighted by Gasteiger charge is 2.38. The SMILES string of the molecule is O=C(Cn1c(C(F)(F)F)nc2ccccc21)OCc1ncc(-c2ccccc2)o1. The second-order valence-electron chi connectivity index (χ2n) is 6.15. The predicted octanol–water partition coefficient (Wildman–Crippen LogP) is 4.45. The minimum atomic E-state index is -4.70. The summed E-state index contributed by atoms with van der Waals surface area (Å²) in [5, 5.41) is 0. The first-order valence-electron chi connectivity index (χ1n) is 8.60. The van der Waals surface area contributed by atoms with Gasteiger partial charge in [-0.3, -0.25) is 4.79 Å². The number of halogens is 3. The molecule has 4 aromatic rings. The van der Waals surface area contributed by atoms with Crippen LogP contribution in [-0.2, 0) is 28.9 Å². The molecule has 0 fully saturated rings. The lowest BCUT2D eigenvalue weighted by Crippen LogP contribution is -2.20. The van der Waals surface area contributed by atoms with E-state index in [1.807, 2.05) is 30.3 Å². The fourth-order valence-corrected chi connectivity index (χ4v) is 2.88. The molecule has 2 aromatic heterocycles. The highest BCUT2D eigenvalue weighted by molar-refractivity contribution is 5.79. The van der Waals surface area contributed by atoms with Crippen molar-refractivity contribution >= 4 is 17.0 Å². The van der Waals surface area contributed by atoms with Gasteiger partial charge in [-0.2, -0.15) is 13.2 Å². The van der Waals surface area contributed by atoms with Crippen LogP contribution in [0.25, 0.3) is 22.4 Å². The molecule has 148 valence electrons. The van der Waals surface area contributed by atoms with Crippen LogP contribution in [0.4, 0.5) is 13.2 Å². The van der Waals surface area contributed by atoms with Crippen molar-refractivity contribution < 1.29 is 27.1 Å². The number of hydrogen-bond donors (Lipinski definition) is 0. The van der Waals surface area contributed by atoms with Crippen LogP contribution in [-0.4, -0.2) is 20.5 Å². The maximum Gasteiger partial charge on any atom is 0.449 e. The first-order chi connectivity index (χ1) is 13.9. The molecule has 0 unspecified atom stereocenters. The van der Waals surface area contributed by atoms with E-state index < -0.39 is 24.5 Å². The third-order valence-electron chi connectivity index (χ3n) is 4.16.